The van der Waals surface area contributed by atoms with E-state index in [1.165, 1.54) is 38.1 Å². The third-order valence-corrected chi connectivity index (χ3v) is 1.78. The molecule has 0 aliphatic carbocycles. The fourth-order valence-corrected chi connectivity index (χ4v) is 1.29. The van der Waals surface area contributed by atoms with E-state index in [2.05, 4.69) is 4.74 Å². The van der Waals surface area contributed by atoms with Crippen LogP contribution in [0.25, 0.3) is 0 Å². The lowest BCUT2D eigenvalue weighted by atomic mass is 10.0. The molecule has 0 aliphatic heterocycles. The summed E-state index contributed by atoms with van der Waals surface area (Å²) in [5.41, 5.74) is -0.756. The van der Waals surface area contributed by atoms with E-state index in [-0.39, 0.29) is 12.2 Å². The van der Waals surface area contributed by atoms with Crippen LogP contribution in [-0.4, -0.2) is 12.0 Å². The summed E-state index contributed by atoms with van der Waals surface area (Å²) in [5.74, 6) is -0.298. The van der Waals surface area contributed by atoms with Gasteiger partial charge in [-0.1, -0.05) is 12.1 Å². The van der Waals surface area contributed by atoms with Crippen LogP contribution in [0.2, 0.25) is 0 Å². The summed E-state index contributed by atoms with van der Waals surface area (Å²) in [6, 6.07) is 5.19. The number of benzene rings is 1. The number of rotatable bonds is 3. The van der Waals surface area contributed by atoms with Crippen LogP contribution in [0, 0.1) is 0 Å². The molecule has 0 atom stereocenters. The molecule has 1 rings (SSSR count). The zero-order valence-corrected chi connectivity index (χ0v) is 8.94. The van der Waals surface area contributed by atoms with Crippen molar-refractivity contribution >= 4 is 0 Å². The predicted molar refractivity (Wildman–Crippen MR) is 52.0 cm³/mol. The third kappa shape index (κ3) is 5.00. The van der Waals surface area contributed by atoms with E-state index < -0.39 is 12.0 Å². The molecule has 1 aromatic rings. The monoisotopic (exact) mass is 236 g/mol. The Bertz CT molecular complexity index is 299. The van der Waals surface area contributed by atoms with Gasteiger partial charge in [0.2, 0.25) is 0 Å². The van der Waals surface area contributed by atoms with Gasteiger partial charge in [-0.15, -0.1) is 13.2 Å². The Hall–Kier alpha value is -1.26. The van der Waals surface area contributed by atoms with Crippen LogP contribution in [0.15, 0.2) is 24.3 Å². The SMILES string of the molecule is CC(C)(F)Cc1ccc(OC(F)(F)F)cc1. The van der Waals surface area contributed by atoms with E-state index in [1.54, 1.807) is 0 Å². The second kappa shape index (κ2) is 4.31. The highest BCUT2D eigenvalue weighted by atomic mass is 19.4. The second-order valence-electron chi connectivity index (χ2n) is 4.09. The Labute approximate surface area is 91.0 Å². The lowest BCUT2D eigenvalue weighted by molar-refractivity contribution is -0.274. The molecule has 1 aromatic carbocycles. The Morgan fingerprint density at radius 3 is 1.88 bits per heavy atom. The lowest BCUT2D eigenvalue weighted by Crippen LogP contribution is -2.17. The molecule has 0 amide bonds. The zero-order valence-electron chi connectivity index (χ0n) is 8.94. The van der Waals surface area contributed by atoms with Crippen molar-refractivity contribution in [2.75, 3.05) is 0 Å². The lowest BCUT2D eigenvalue weighted by Gasteiger charge is -2.14. The van der Waals surface area contributed by atoms with Crippen LogP contribution in [0.3, 0.4) is 0 Å². The van der Waals surface area contributed by atoms with Gasteiger partial charge < -0.3 is 4.74 Å². The summed E-state index contributed by atoms with van der Waals surface area (Å²) >= 11 is 0. The number of halogens is 4. The Morgan fingerprint density at radius 2 is 1.50 bits per heavy atom. The molecule has 0 aromatic heterocycles. The minimum Gasteiger partial charge on any atom is -0.406 e. The van der Waals surface area contributed by atoms with E-state index in [0.29, 0.717) is 5.56 Å². The van der Waals surface area contributed by atoms with E-state index in [4.69, 9.17) is 0 Å². The summed E-state index contributed by atoms with van der Waals surface area (Å²) in [5, 5.41) is 0. The van der Waals surface area contributed by atoms with Gasteiger partial charge in [-0.2, -0.15) is 0 Å². The third-order valence-electron chi connectivity index (χ3n) is 1.78. The van der Waals surface area contributed by atoms with Crippen LogP contribution in [0.1, 0.15) is 19.4 Å². The molecule has 0 bridgehead atoms. The topological polar surface area (TPSA) is 9.23 Å². The highest BCUT2D eigenvalue weighted by Gasteiger charge is 2.31. The fraction of sp³-hybridized carbons (Fsp3) is 0.455. The summed E-state index contributed by atoms with van der Waals surface area (Å²) < 4.78 is 52.4. The van der Waals surface area contributed by atoms with Crippen molar-refractivity contribution in [3.8, 4) is 5.75 Å². The molecule has 0 spiro atoms. The van der Waals surface area contributed by atoms with Crippen molar-refractivity contribution in [3.63, 3.8) is 0 Å². The van der Waals surface area contributed by atoms with Gasteiger partial charge in [-0.3, -0.25) is 0 Å². The molecule has 0 saturated heterocycles. The average molecular weight is 236 g/mol. The van der Waals surface area contributed by atoms with Gasteiger partial charge in [0.05, 0.1) is 0 Å². The quantitative estimate of drug-likeness (QED) is 0.724. The summed E-state index contributed by atoms with van der Waals surface area (Å²) in [7, 11) is 0. The molecular formula is C11H12F4O. The minimum absolute atomic E-state index is 0.152. The highest BCUT2D eigenvalue weighted by molar-refractivity contribution is 5.28. The van der Waals surface area contributed by atoms with E-state index in [9.17, 15) is 17.6 Å². The zero-order chi connectivity index (χ0) is 12.4. The molecule has 0 unspecified atom stereocenters. The van der Waals surface area contributed by atoms with Crippen LogP contribution < -0.4 is 4.74 Å². The largest absolute Gasteiger partial charge is 0.573 e. The smallest absolute Gasteiger partial charge is 0.406 e. The fourth-order valence-electron chi connectivity index (χ4n) is 1.29. The normalized spacial score (nSPS) is 12.6. The maximum absolute atomic E-state index is 13.2. The first kappa shape index (κ1) is 12.8. The second-order valence-corrected chi connectivity index (χ2v) is 4.09. The average Bonchev–Trinajstić information content (AvgIpc) is 2.03. The van der Waals surface area contributed by atoms with Gasteiger partial charge in [0, 0.05) is 6.42 Å². The van der Waals surface area contributed by atoms with Crippen molar-refractivity contribution in [2.24, 2.45) is 0 Å². The maximum atomic E-state index is 13.2. The number of hydrogen-bond acceptors (Lipinski definition) is 1. The molecule has 0 aliphatic rings. The van der Waals surface area contributed by atoms with Gasteiger partial charge >= 0.3 is 6.36 Å². The van der Waals surface area contributed by atoms with Crippen molar-refractivity contribution in [1.82, 2.24) is 0 Å². The number of alkyl halides is 4. The standard InChI is InChI=1S/C11H12F4O/c1-10(2,12)7-8-3-5-9(6-4-8)16-11(13,14)15/h3-6H,7H2,1-2H3. The maximum Gasteiger partial charge on any atom is 0.573 e. The van der Waals surface area contributed by atoms with Crippen LogP contribution in [-0.2, 0) is 6.42 Å². The molecule has 0 saturated carbocycles. The van der Waals surface area contributed by atoms with Crippen molar-refractivity contribution in [3.05, 3.63) is 29.8 Å². The molecule has 1 nitrogen and oxygen atoms in total. The Morgan fingerprint density at radius 1 is 1.00 bits per heavy atom. The van der Waals surface area contributed by atoms with Gasteiger partial charge in [0.1, 0.15) is 11.4 Å². The molecule has 0 N–H and O–H groups in total. The van der Waals surface area contributed by atoms with Gasteiger partial charge in [0.15, 0.2) is 0 Å². The van der Waals surface area contributed by atoms with E-state index >= 15 is 0 Å². The molecule has 16 heavy (non-hydrogen) atoms. The van der Waals surface area contributed by atoms with Crippen molar-refractivity contribution < 1.29 is 22.3 Å². The van der Waals surface area contributed by atoms with Gasteiger partial charge in [-0.05, 0) is 31.5 Å². The number of ether oxygens (including phenoxy) is 1. The molecular weight excluding hydrogens is 224 g/mol. The van der Waals surface area contributed by atoms with Crippen molar-refractivity contribution in [2.45, 2.75) is 32.3 Å². The van der Waals surface area contributed by atoms with Crippen LogP contribution in [0.4, 0.5) is 17.6 Å². The van der Waals surface area contributed by atoms with Crippen LogP contribution >= 0.6 is 0 Å². The highest BCUT2D eigenvalue weighted by Crippen LogP contribution is 2.24. The van der Waals surface area contributed by atoms with Crippen molar-refractivity contribution in [1.29, 1.82) is 0 Å². The Kier molecular flexibility index (Phi) is 3.45. The number of hydrogen-bond donors (Lipinski definition) is 0. The molecule has 0 fully saturated rings. The van der Waals surface area contributed by atoms with E-state index in [0.717, 1.165) is 0 Å². The van der Waals surface area contributed by atoms with Gasteiger partial charge in [-0.25, -0.2) is 4.39 Å². The summed E-state index contributed by atoms with van der Waals surface area (Å²) in [4.78, 5) is 0. The summed E-state index contributed by atoms with van der Waals surface area (Å²) in [6.45, 7) is 2.82. The first-order chi connectivity index (χ1) is 7.16. The summed E-state index contributed by atoms with van der Waals surface area (Å²) in [6.07, 6.45) is -4.54. The minimum atomic E-state index is -4.69. The Balaban J connectivity index is 2.69. The van der Waals surface area contributed by atoms with Crippen LogP contribution in [0.5, 0.6) is 5.75 Å². The van der Waals surface area contributed by atoms with E-state index in [1.807, 2.05) is 0 Å². The molecule has 90 valence electrons. The molecule has 5 heteroatoms. The first-order valence-electron chi connectivity index (χ1n) is 4.69. The predicted octanol–water partition coefficient (Wildman–Crippen LogP) is 3.88. The molecule has 0 radical (unpaired) electrons. The molecule has 0 heterocycles. The van der Waals surface area contributed by atoms with Gasteiger partial charge in [0.25, 0.3) is 0 Å². The first-order valence-corrected chi connectivity index (χ1v) is 4.69.